The molecule has 0 saturated carbocycles. The summed E-state index contributed by atoms with van der Waals surface area (Å²) in [5, 5.41) is 2.90. The fourth-order valence-electron chi connectivity index (χ4n) is 1.90. The molecule has 4 nitrogen and oxygen atoms in total. The molecule has 1 amide bonds. The first-order valence-electron chi connectivity index (χ1n) is 7.18. The van der Waals surface area contributed by atoms with Crippen LogP contribution in [-0.2, 0) is 11.2 Å². The van der Waals surface area contributed by atoms with Crippen LogP contribution in [0.2, 0.25) is 0 Å². The van der Waals surface area contributed by atoms with Crippen LogP contribution in [0, 0.1) is 0 Å². The maximum Gasteiger partial charge on any atom is 0.220 e. The summed E-state index contributed by atoms with van der Waals surface area (Å²) >= 11 is 0. The molecule has 110 valence electrons. The number of amides is 1. The molecule has 4 heteroatoms. The first-order chi connectivity index (χ1) is 10.3. The molecular weight excluding hydrogens is 264 g/mol. The zero-order valence-corrected chi connectivity index (χ0v) is 12.0. The van der Waals surface area contributed by atoms with E-state index in [0.29, 0.717) is 19.6 Å². The van der Waals surface area contributed by atoms with E-state index in [4.69, 9.17) is 4.74 Å². The lowest BCUT2D eigenvalue weighted by atomic mass is 10.1. The summed E-state index contributed by atoms with van der Waals surface area (Å²) < 4.78 is 5.56. The average molecular weight is 284 g/mol. The van der Waals surface area contributed by atoms with Gasteiger partial charge in [0.25, 0.3) is 0 Å². The molecule has 0 aliphatic heterocycles. The Kier molecular flexibility index (Phi) is 6.26. The molecule has 0 spiro atoms. The van der Waals surface area contributed by atoms with Gasteiger partial charge in [-0.15, -0.1) is 0 Å². The molecule has 0 aliphatic rings. The smallest absolute Gasteiger partial charge is 0.220 e. The number of nitrogens with one attached hydrogen (secondary N) is 1. The predicted molar refractivity (Wildman–Crippen MR) is 82.1 cm³/mol. The molecular formula is C17H20N2O2. The molecule has 0 bridgehead atoms. The highest BCUT2D eigenvalue weighted by molar-refractivity contribution is 5.76. The average Bonchev–Trinajstić information content (AvgIpc) is 2.54. The highest BCUT2D eigenvalue weighted by Gasteiger charge is 2.01. The Bertz CT molecular complexity index is 529. The Morgan fingerprint density at radius 2 is 2.00 bits per heavy atom. The zero-order chi connectivity index (χ0) is 14.8. The SMILES string of the molecule is O=C(CCc1cccnc1)NCCCOc1ccccc1. The normalized spacial score (nSPS) is 10.1. The van der Waals surface area contributed by atoms with Crippen LogP contribution in [-0.4, -0.2) is 24.0 Å². The molecule has 0 atom stereocenters. The van der Waals surface area contributed by atoms with Crippen LogP contribution in [0.15, 0.2) is 54.9 Å². The van der Waals surface area contributed by atoms with Gasteiger partial charge in [0.2, 0.25) is 5.91 Å². The standard InChI is InChI=1S/C17H20N2O2/c20-17(10-9-15-6-4-11-18-14-15)19-12-5-13-21-16-7-2-1-3-8-16/h1-4,6-8,11,14H,5,9-10,12-13H2,(H,19,20). The second-order valence-electron chi connectivity index (χ2n) is 4.73. The van der Waals surface area contributed by atoms with Crippen LogP contribution < -0.4 is 10.1 Å². The van der Waals surface area contributed by atoms with Crippen LogP contribution >= 0.6 is 0 Å². The van der Waals surface area contributed by atoms with E-state index in [2.05, 4.69) is 10.3 Å². The van der Waals surface area contributed by atoms with Crippen molar-refractivity contribution < 1.29 is 9.53 Å². The number of hydrogen-bond acceptors (Lipinski definition) is 3. The third-order valence-electron chi connectivity index (χ3n) is 3.02. The number of aromatic nitrogens is 1. The molecule has 2 rings (SSSR count). The minimum atomic E-state index is 0.0681. The predicted octanol–water partition coefficient (Wildman–Crippen LogP) is 2.60. The fraction of sp³-hybridized carbons (Fsp3) is 0.294. The van der Waals surface area contributed by atoms with Crippen molar-refractivity contribution in [2.24, 2.45) is 0 Å². The van der Waals surface area contributed by atoms with Gasteiger partial charge in [0, 0.05) is 25.4 Å². The monoisotopic (exact) mass is 284 g/mol. The van der Waals surface area contributed by atoms with Crippen molar-refractivity contribution in [2.75, 3.05) is 13.2 Å². The van der Waals surface area contributed by atoms with E-state index in [1.54, 1.807) is 12.4 Å². The second-order valence-corrected chi connectivity index (χ2v) is 4.73. The van der Waals surface area contributed by atoms with Gasteiger partial charge in [-0.2, -0.15) is 0 Å². The summed E-state index contributed by atoms with van der Waals surface area (Å²) in [6, 6.07) is 13.5. The lowest BCUT2D eigenvalue weighted by molar-refractivity contribution is -0.121. The van der Waals surface area contributed by atoms with E-state index in [1.807, 2.05) is 42.5 Å². The summed E-state index contributed by atoms with van der Waals surface area (Å²) in [4.78, 5) is 15.7. The molecule has 0 radical (unpaired) electrons. The van der Waals surface area contributed by atoms with Gasteiger partial charge in [0.15, 0.2) is 0 Å². The minimum Gasteiger partial charge on any atom is -0.494 e. The van der Waals surface area contributed by atoms with Crippen molar-refractivity contribution in [1.29, 1.82) is 0 Å². The van der Waals surface area contributed by atoms with Crippen molar-refractivity contribution in [2.45, 2.75) is 19.3 Å². The number of pyridine rings is 1. The van der Waals surface area contributed by atoms with E-state index >= 15 is 0 Å². The highest BCUT2D eigenvalue weighted by atomic mass is 16.5. The summed E-state index contributed by atoms with van der Waals surface area (Å²) in [5.41, 5.74) is 1.08. The van der Waals surface area contributed by atoms with Gasteiger partial charge in [0.05, 0.1) is 6.61 Å². The van der Waals surface area contributed by atoms with Crippen LogP contribution in [0.3, 0.4) is 0 Å². The van der Waals surface area contributed by atoms with E-state index < -0.39 is 0 Å². The number of benzene rings is 1. The van der Waals surface area contributed by atoms with Gasteiger partial charge >= 0.3 is 0 Å². The van der Waals surface area contributed by atoms with Gasteiger partial charge in [-0.3, -0.25) is 9.78 Å². The minimum absolute atomic E-state index is 0.0681. The van der Waals surface area contributed by atoms with E-state index in [1.165, 1.54) is 0 Å². The van der Waals surface area contributed by atoms with Crippen LogP contribution in [0.1, 0.15) is 18.4 Å². The quantitative estimate of drug-likeness (QED) is 0.758. The molecule has 1 aromatic carbocycles. The number of hydrogen-bond donors (Lipinski definition) is 1. The number of rotatable bonds is 8. The maximum atomic E-state index is 11.7. The van der Waals surface area contributed by atoms with Crippen molar-refractivity contribution >= 4 is 5.91 Å². The van der Waals surface area contributed by atoms with Gasteiger partial charge < -0.3 is 10.1 Å². The number of aryl methyl sites for hydroxylation is 1. The van der Waals surface area contributed by atoms with Crippen LogP contribution in [0.4, 0.5) is 0 Å². The van der Waals surface area contributed by atoms with E-state index in [9.17, 15) is 4.79 Å². The Morgan fingerprint density at radius 1 is 1.14 bits per heavy atom. The molecule has 1 aromatic heterocycles. The van der Waals surface area contributed by atoms with Gasteiger partial charge in [-0.05, 0) is 36.6 Å². The van der Waals surface area contributed by atoms with Crippen LogP contribution in [0.25, 0.3) is 0 Å². The Hall–Kier alpha value is -2.36. The second kappa shape index (κ2) is 8.74. The third-order valence-corrected chi connectivity index (χ3v) is 3.02. The molecule has 1 heterocycles. The van der Waals surface area contributed by atoms with Crippen molar-refractivity contribution in [1.82, 2.24) is 10.3 Å². The molecule has 0 saturated heterocycles. The zero-order valence-electron chi connectivity index (χ0n) is 12.0. The molecule has 2 aromatic rings. The lowest BCUT2D eigenvalue weighted by Gasteiger charge is -2.07. The van der Waals surface area contributed by atoms with Crippen molar-refractivity contribution in [3.8, 4) is 5.75 Å². The molecule has 21 heavy (non-hydrogen) atoms. The number of carbonyl (C=O) groups excluding carboxylic acids is 1. The molecule has 0 aliphatic carbocycles. The first kappa shape index (κ1) is 15.0. The van der Waals surface area contributed by atoms with Gasteiger partial charge in [-0.25, -0.2) is 0 Å². The number of ether oxygens (including phenoxy) is 1. The topological polar surface area (TPSA) is 51.2 Å². The number of nitrogens with zero attached hydrogens (tertiary/aromatic N) is 1. The maximum absolute atomic E-state index is 11.7. The van der Waals surface area contributed by atoms with Crippen molar-refractivity contribution in [3.63, 3.8) is 0 Å². The summed E-state index contributed by atoms with van der Waals surface area (Å²) in [6.45, 7) is 1.24. The van der Waals surface area contributed by atoms with E-state index in [0.717, 1.165) is 24.2 Å². The summed E-state index contributed by atoms with van der Waals surface area (Å²) in [5.74, 6) is 0.930. The number of para-hydroxylation sites is 1. The first-order valence-corrected chi connectivity index (χ1v) is 7.18. The lowest BCUT2D eigenvalue weighted by Crippen LogP contribution is -2.25. The molecule has 1 N–H and O–H groups in total. The van der Waals surface area contributed by atoms with E-state index in [-0.39, 0.29) is 5.91 Å². The van der Waals surface area contributed by atoms with Gasteiger partial charge in [-0.1, -0.05) is 24.3 Å². The Labute approximate surface area is 125 Å². The third kappa shape index (κ3) is 6.08. The Morgan fingerprint density at radius 3 is 2.76 bits per heavy atom. The van der Waals surface area contributed by atoms with Crippen molar-refractivity contribution in [3.05, 3.63) is 60.4 Å². The highest BCUT2D eigenvalue weighted by Crippen LogP contribution is 2.08. The summed E-state index contributed by atoms with van der Waals surface area (Å²) in [7, 11) is 0. The Balaban J connectivity index is 1.53. The summed E-state index contributed by atoms with van der Waals surface area (Å²) in [6.07, 6.45) is 5.54. The van der Waals surface area contributed by atoms with Crippen LogP contribution in [0.5, 0.6) is 5.75 Å². The number of carbonyl (C=O) groups is 1. The van der Waals surface area contributed by atoms with Gasteiger partial charge in [0.1, 0.15) is 5.75 Å². The largest absolute Gasteiger partial charge is 0.494 e. The molecule has 0 unspecified atom stereocenters. The molecule has 0 fully saturated rings. The fourth-order valence-corrected chi connectivity index (χ4v) is 1.90.